The first kappa shape index (κ1) is 18.1. The average molecular weight is 330 g/mol. The molecule has 1 aromatic heterocycles. The van der Waals surface area contributed by atoms with Crippen molar-refractivity contribution in [3.8, 4) is 0 Å². The highest BCUT2D eigenvalue weighted by Gasteiger charge is 2.18. The van der Waals surface area contributed by atoms with Gasteiger partial charge in [-0.3, -0.25) is 0 Å². The second-order valence-electron chi connectivity index (χ2n) is 6.15. The Bertz CT molecular complexity index is 664. The summed E-state index contributed by atoms with van der Waals surface area (Å²) >= 11 is 0. The van der Waals surface area contributed by atoms with E-state index < -0.39 is 0 Å². The van der Waals surface area contributed by atoms with Crippen LogP contribution in [0.25, 0.3) is 0 Å². The lowest BCUT2D eigenvalue weighted by Crippen LogP contribution is -2.43. The Morgan fingerprint density at radius 3 is 2.62 bits per heavy atom. The van der Waals surface area contributed by atoms with E-state index in [1.807, 2.05) is 57.2 Å². The third-order valence-electron chi connectivity index (χ3n) is 3.75. The van der Waals surface area contributed by atoms with Gasteiger partial charge in [0, 0.05) is 19.7 Å². The van der Waals surface area contributed by atoms with E-state index in [4.69, 9.17) is 9.15 Å². The van der Waals surface area contributed by atoms with Gasteiger partial charge in [0.15, 0.2) is 0 Å². The van der Waals surface area contributed by atoms with Gasteiger partial charge in [-0.1, -0.05) is 24.3 Å². The van der Waals surface area contributed by atoms with E-state index in [0.29, 0.717) is 19.7 Å². The fourth-order valence-electron chi connectivity index (χ4n) is 2.50. The van der Waals surface area contributed by atoms with E-state index in [9.17, 15) is 4.79 Å². The predicted molar refractivity (Wildman–Crippen MR) is 93.5 cm³/mol. The number of nitrogens with one attached hydrogen (secondary N) is 1. The topological polar surface area (TPSA) is 54.7 Å². The van der Waals surface area contributed by atoms with Crippen LogP contribution < -0.4 is 5.32 Å². The first-order chi connectivity index (χ1) is 11.5. The summed E-state index contributed by atoms with van der Waals surface area (Å²) in [5.41, 5.74) is 2.14. The highest BCUT2D eigenvalue weighted by atomic mass is 16.5. The first-order valence-electron chi connectivity index (χ1n) is 8.16. The zero-order valence-electron chi connectivity index (χ0n) is 14.8. The molecule has 0 saturated heterocycles. The van der Waals surface area contributed by atoms with Gasteiger partial charge >= 0.3 is 6.03 Å². The number of carbonyl (C=O) groups excluding carboxylic acids is 1. The lowest BCUT2D eigenvalue weighted by molar-refractivity contribution is 0.173. The van der Waals surface area contributed by atoms with Crippen LogP contribution in [-0.2, 0) is 24.4 Å². The molecule has 0 saturated carbocycles. The summed E-state index contributed by atoms with van der Waals surface area (Å²) in [6, 6.07) is 11.8. The van der Waals surface area contributed by atoms with E-state index in [2.05, 4.69) is 5.32 Å². The van der Waals surface area contributed by atoms with Gasteiger partial charge in [0.1, 0.15) is 11.5 Å². The Morgan fingerprint density at radius 2 is 2.00 bits per heavy atom. The van der Waals surface area contributed by atoms with Gasteiger partial charge in [-0.25, -0.2) is 4.79 Å². The van der Waals surface area contributed by atoms with Crippen LogP contribution in [0.4, 0.5) is 4.79 Å². The molecule has 0 aliphatic heterocycles. The largest absolute Gasteiger partial charge is 0.464 e. The van der Waals surface area contributed by atoms with Crippen molar-refractivity contribution in [1.29, 1.82) is 0 Å². The van der Waals surface area contributed by atoms with Gasteiger partial charge in [0.2, 0.25) is 0 Å². The quantitative estimate of drug-likeness (QED) is 0.839. The lowest BCUT2D eigenvalue weighted by Gasteiger charge is -2.26. The molecule has 0 unspecified atom stereocenters. The highest BCUT2D eigenvalue weighted by molar-refractivity contribution is 5.74. The van der Waals surface area contributed by atoms with Gasteiger partial charge < -0.3 is 19.4 Å². The average Bonchev–Trinajstić information content (AvgIpc) is 2.96. The molecule has 0 fully saturated rings. The van der Waals surface area contributed by atoms with Crippen LogP contribution in [0.15, 0.2) is 40.8 Å². The molecule has 0 bridgehead atoms. The number of nitrogens with zero attached hydrogens (tertiary/aromatic N) is 1. The Morgan fingerprint density at radius 1 is 1.25 bits per heavy atom. The van der Waals surface area contributed by atoms with Gasteiger partial charge in [-0.2, -0.15) is 0 Å². The lowest BCUT2D eigenvalue weighted by atomic mass is 10.1. The van der Waals surface area contributed by atoms with Crippen molar-refractivity contribution >= 4 is 6.03 Å². The maximum atomic E-state index is 12.5. The minimum absolute atomic E-state index is 0.0789. The molecule has 0 spiro atoms. The number of methoxy groups -OCH3 is 1. The summed E-state index contributed by atoms with van der Waals surface area (Å²) < 4.78 is 10.7. The first-order valence-corrected chi connectivity index (χ1v) is 8.16. The van der Waals surface area contributed by atoms with Crippen molar-refractivity contribution < 1.29 is 13.9 Å². The van der Waals surface area contributed by atoms with E-state index in [-0.39, 0.29) is 12.1 Å². The Kier molecular flexibility index (Phi) is 6.44. The molecular formula is C19H26N2O3. The smallest absolute Gasteiger partial charge is 0.318 e. The Balaban J connectivity index is 1.96. The van der Waals surface area contributed by atoms with Gasteiger partial charge in [-0.15, -0.1) is 0 Å². The van der Waals surface area contributed by atoms with Crippen molar-refractivity contribution in [2.45, 2.75) is 46.5 Å². The number of urea groups is 1. The summed E-state index contributed by atoms with van der Waals surface area (Å²) in [6.07, 6.45) is 0. The number of hydrogen-bond acceptors (Lipinski definition) is 3. The van der Waals surface area contributed by atoms with Crippen molar-refractivity contribution in [3.63, 3.8) is 0 Å². The molecule has 0 aliphatic rings. The summed E-state index contributed by atoms with van der Waals surface area (Å²) in [5, 5.41) is 2.98. The third-order valence-corrected chi connectivity index (χ3v) is 3.75. The fourth-order valence-corrected chi connectivity index (χ4v) is 2.50. The molecule has 24 heavy (non-hydrogen) atoms. The van der Waals surface area contributed by atoms with E-state index in [1.54, 1.807) is 12.0 Å². The number of aryl methyl sites for hydroxylation is 1. The van der Waals surface area contributed by atoms with Crippen LogP contribution >= 0.6 is 0 Å². The molecule has 0 radical (unpaired) electrons. The molecule has 130 valence electrons. The van der Waals surface area contributed by atoms with Crippen LogP contribution in [0.3, 0.4) is 0 Å². The Labute approximate surface area is 143 Å². The van der Waals surface area contributed by atoms with Crippen LogP contribution in [0.2, 0.25) is 0 Å². The molecule has 2 aromatic rings. The summed E-state index contributed by atoms with van der Waals surface area (Å²) in [6.45, 7) is 7.40. The monoisotopic (exact) mass is 330 g/mol. The number of furan rings is 1. The molecule has 1 aromatic carbocycles. The van der Waals surface area contributed by atoms with Crippen LogP contribution in [0, 0.1) is 6.92 Å². The maximum Gasteiger partial charge on any atom is 0.318 e. The molecule has 0 atom stereocenters. The number of amides is 2. The summed E-state index contributed by atoms with van der Waals surface area (Å²) in [4.78, 5) is 14.3. The van der Waals surface area contributed by atoms with Crippen LogP contribution in [0.1, 0.15) is 36.5 Å². The summed E-state index contributed by atoms with van der Waals surface area (Å²) in [7, 11) is 1.67. The minimum Gasteiger partial charge on any atom is -0.464 e. The second-order valence-corrected chi connectivity index (χ2v) is 6.15. The molecule has 5 heteroatoms. The molecule has 1 N–H and O–H groups in total. The van der Waals surface area contributed by atoms with Gasteiger partial charge in [0.05, 0.1) is 13.2 Å². The van der Waals surface area contributed by atoms with E-state index in [1.165, 1.54) is 0 Å². The Hall–Kier alpha value is -2.27. The second kappa shape index (κ2) is 8.55. The molecular weight excluding hydrogens is 304 g/mol. The number of benzene rings is 1. The minimum atomic E-state index is -0.101. The normalized spacial score (nSPS) is 10.9. The van der Waals surface area contributed by atoms with E-state index in [0.717, 1.165) is 22.6 Å². The van der Waals surface area contributed by atoms with Crippen molar-refractivity contribution in [2.75, 3.05) is 7.11 Å². The van der Waals surface area contributed by atoms with Crippen molar-refractivity contribution in [1.82, 2.24) is 10.2 Å². The molecule has 1 heterocycles. The third kappa shape index (κ3) is 5.13. The standard InChI is InChI=1S/C19H26N2O3/c1-14(2)21(12-18-9-8-15(3)24-18)19(22)20-11-16-6-5-7-17(10-16)13-23-4/h5-10,14H,11-13H2,1-4H3,(H,20,22). The van der Waals surface area contributed by atoms with Gasteiger partial charge in [-0.05, 0) is 44.0 Å². The zero-order chi connectivity index (χ0) is 17.5. The van der Waals surface area contributed by atoms with Crippen molar-refractivity contribution in [2.24, 2.45) is 0 Å². The van der Waals surface area contributed by atoms with E-state index >= 15 is 0 Å². The SMILES string of the molecule is COCc1cccc(CNC(=O)N(Cc2ccc(C)o2)C(C)C)c1. The molecule has 0 aliphatic carbocycles. The zero-order valence-corrected chi connectivity index (χ0v) is 14.8. The molecule has 2 amide bonds. The maximum absolute atomic E-state index is 12.5. The van der Waals surface area contributed by atoms with Crippen molar-refractivity contribution in [3.05, 3.63) is 59.0 Å². The van der Waals surface area contributed by atoms with Crippen LogP contribution in [-0.4, -0.2) is 24.1 Å². The number of hydrogen-bond donors (Lipinski definition) is 1. The molecule has 2 rings (SSSR count). The fraction of sp³-hybridized carbons (Fsp3) is 0.421. The number of carbonyl (C=O) groups is 1. The molecule has 5 nitrogen and oxygen atoms in total. The number of ether oxygens (including phenoxy) is 1. The summed E-state index contributed by atoms with van der Waals surface area (Å²) in [5.74, 6) is 1.64. The van der Waals surface area contributed by atoms with Gasteiger partial charge in [0.25, 0.3) is 0 Å². The number of rotatable bonds is 7. The predicted octanol–water partition coefficient (Wildman–Crippen LogP) is 3.85. The highest BCUT2D eigenvalue weighted by Crippen LogP contribution is 2.13. The van der Waals surface area contributed by atoms with Crippen LogP contribution in [0.5, 0.6) is 0 Å².